The number of aromatic nitrogens is 4. The Hall–Kier alpha value is -4.33. The molecule has 2 aliphatic heterocycles. The third-order valence-corrected chi connectivity index (χ3v) is 6.54. The Balaban J connectivity index is 1.47. The first-order chi connectivity index (χ1) is 19.0. The van der Waals surface area contributed by atoms with Gasteiger partial charge in [0.25, 0.3) is 5.91 Å². The Morgan fingerprint density at radius 3 is 2.38 bits per heavy atom. The third kappa shape index (κ3) is 5.66. The monoisotopic (exact) mass is 553 g/mol. The predicted molar refractivity (Wildman–Crippen MR) is 147 cm³/mol. The SMILES string of the molecule is CN1COCN(C)c2nc(N3CCN(C(=O)OC(C)(C)C)CC3)n(Cc3nnc(-c4ccc(N)cc4)o3)c2C1=O. The number of fused-ring (bicyclic) bond motifs is 1. The molecule has 2 N–H and O–H groups in total. The Bertz CT molecular complexity index is 1370. The number of nitrogen functional groups attached to an aromatic ring is 1. The first-order valence-electron chi connectivity index (χ1n) is 13.1. The van der Waals surface area contributed by atoms with Crippen LogP contribution in [0.2, 0.25) is 0 Å². The average molecular weight is 554 g/mol. The molecule has 3 aromatic rings. The summed E-state index contributed by atoms with van der Waals surface area (Å²) in [4.78, 5) is 38.1. The predicted octanol–water partition coefficient (Wildman–Crippen LogP) is 2.07. The molecule has 1 aromatic carbocycles. The van der Waals surface area contributed by atoms with Crippen molar-refractivity contribution in [2.45, 2.75) is 32.9 Å². The van der Waals surface area contributed by atoms with Gasteiger partial charge in [0.15, 0.2) is 11.5 Å². The first kappa shape index (κ1) is 27.2. The first-order valence-corrected chi connectivity index (χ1v) is 13.1. The van der Waals surface area contributed by atoms with E-state index in [0.717, 1.165) is 5.56 Å². The van der Waals surface area contributed by atoms with Crippen LogP contribution in [0.1, 0.15) is 37.2 Å². The molecule has 0 aliphatic carbocycles. The zero-order chi connectivity index (χ0) is 28.6. The molecule has 1 saturated heterocycles. The Kier molecular flexibility index (Phi) is 7.27. The second kappa shape index (κ2) is 10.7. The number of benzene rings is 1. The highest BCUT2D eigenvalue weighted by molar-refractivity contribution is 5.98. The van der Waals surface area contributed by atoms with Crippen LogP contribution in [0.4, 0.5) is 22.2 Å². The van der Waals surface area contributed by atoms with Crippen LogP contribution in [0.3, 0.4) is 0 Å². The fourth-order valence-electron chi connectivity index (χ4n) is 4.52. The lowest BCUT2D eigenvalue weighted by molar-refractivity contribution is 0.0239. The number of carbonyl (C=O) groups is 2. The number of amides is 2. The molecule has 0 radical (unpaired) electrons. The minimum atomic E-state index is -0.575. The molecule has 5 rings (SSSR count). The quantitative estimate of drug-likeness (QED) is 0.473. The van der Waals surface area contributed by atoms with Crippen LogP contribution in [0.15, 0.2) is 28.7 Å². The normalized spacial score (nSPS) is 16.6. The number of hydrogen-bond acceptors (Lipinski definition) is 11. The molecular weight excluding hydrogens is 518 g/mol. The molecule has 214 valence electrons. The highest BCUT2D eigenvalue weighted by Crippen LogP contribution is 2.31. The molecule has 2 aromatic heterocycles. The van der Waals surface area contributed by atoms with E-state index < -0.39 is 5.60 Å². The third-order valence-electron chi connectivity index (χ3n) is 6.54. The van der Waals surface area contributed by atoms with Crippen molar-refractivity contribution in [3.8, 4) is 11.5 Å². The summed E-state index contributed by atoms with van der Waals surface area (Å²) in [6, 6.07) is 7.14. The lowest BCUT2D eigenvalue weighted by Crippen LogP contribution is -2.50. The fraction of sp³-hybridized carbons (Fsp3) is 0.500. The summed E-state index contributed by atoms with van der Waals surface area (Å²) >= 11 is 0. The minimum absolute atomic E-state index is 0.125. The molecule has 40 heavy (non-hydrogen) atoms. The van der Waals surface area contributed by atoms with Crippen LogP contribution in [0, 0.1) is 0 Å². The molecule has 0 spiro atoms. The van der Waals surface area contributed by atoms with E-state index in [1.165, 1.54) is 4.90 Å². The lowest BCUT2D eigenvalue weighted by atomic mass is 10.2. The van der Waals surface area contributed by atoms with Gasteiger partial charge in [0, 0.05) is 51.5 Å². The largest absolute Gasteiger partial charge is 0.444 e. The summed E-state index contributed by atoms with van der Waals surface area (Å²) in [5.74, 6) is 1.47. The highest BCUT2D eigenvalue weighted by Gasteiger charge is 2.34. The summed E-state index contributed by atoms with van der Waals surface area (Å²) in [7, 11) is 3.50. The van der Waals surface area contributed by atoms with E-state index in [-0.39, 0.29) is 32.0 Å². The summed E-state index contributed by atoms with van der Waals surface area (Å²) < 4.78 is 19.0. The fourth-order valence-corrected chi connectivity index (χ4v) is 4.52. The van der Waals surface area contributed by atoms with Crippen molar-refractivity contribution >= 4 is 29.5 Å². The second-order valence-electron chi connectivity index (χ2n) is 10.9. The van der Waals surface area contributed by atoms with Crippen molar-refractivity contribution < 1.29 is 23.5 Å². The van der Waals surface area contributed by atoms with E-state index >= 15 is 0 Å². The van der Waals surface area contributed by atoms with Crippen LogP contribution in [-0.2, 0) is 16.0 Å². The molecule has 2 amide bonds. The summed E-state index contributed by atoms with van der Waals surface area (Å²) in [6.07, 6.45) is -0.350. The molecule has 4 heterocycles. The van der Waals surface area contributed by atoms with Crippen LogP contribution in [0.5, 0.6) is 0 Å². The van der Waals surface area contributed by atoms with Gasteiger partial charge in [0.05, 0.1) is 0 Å². The number of imidazole rings is 1. The number of hydrogen-bond donors (Lipinski definition) is 1. The maximum Gasteiger partial charge on any atom is 0.410 e. The number of piperazine rings is 1. The number of anilines is 3. The maximum atomic E-state index is 13.6. The summed E-state index contributed by atoms with van der Waals surface area (Å²) in [5, 5.41) is 8.45. The number of nitrogens with two attached hydrogens (primary N) is 1. The Morgan fingerprint density at radius 2 is 1.70 bits per heavy atom. The van der Waals surface area contributed by atoms with Crippen molar-refractivity contribution in [2.75, 3.05) is 69.3 Å². The van der Waals surface area contributed by atoms with Crippen molar-refractivity contribution in [3.05, 3.63) is 35.9 Å². The molecule has 14 nitrogen and oxygen atoms in total. The van der Waals surface area contributed by atoms with Gasteiger partial charge >= 0.3 is 6.09 Å². The van der Waals surface area contributed by atoms with Crippen molar-refractivity contribution in [3.63, 3.8) is 0 Å². The molecule has 1 fully saturated rings. The summed E-state index contributed by atoms with van der Waals surface area (Å²) in [6.45, 7) is 7.95. The van der Waals surface area contributed by atoms with E-state index in [4.69, 9.17) is 24.6 Å². The van der Waals surface area contributed by atoms with Gasteiger partial charge in [-0.3, -0.25) is 9.36 Å². The van der Waals surface area contributed by atoms with Gasteiger partial charge in [0.1, 0.15) is 25.6 Å². The van der Waals surface area contributed by atoms with E-state index in [1.54, 1.807) is 33.5 Å². The van der Waals surface area contributed by atoms with Gasteiger partial charge in [-0.05, 0) is 45.0 Å². The molecule has 2 aliphatic rings. The molecule has 0 unspecified atom stereocenters. The maximum absolute atomic E-state index is 13.6. The van der Waals surface area contributed by atoms with E-state index in [9.17, 15) is 9.59 Å². The number of nitrogens with zero attached hydrogens (tertiary/aromatic N) is 8. The molecule has 0 saturated carbocycles. The molecule has 0 bridgehead atoms. The Morgan fingerprint density at radius 1 is 1.02 bits per heavy atom. The van der Waals surface area contributed by atoms with Crippen LogP contribution in [-0.4, -0.2) is 101 Å². The zero-order valence-corrected chi connectivity index (χ0v) is 23.5. The van der Waals surface area contributed by atoms with Gasteiger partial charge < -0.3 is 39.2 Å². The average Bonchev–Trinajstić information content (AvgIpc) is 3.52. The molecule has 14 heteroatoms. The number of rotatable bonds is 4. The molecule has 0 atom stereocenters. The van der Waals surface area contributed by atoms with Crippen LogP contribution >= 0.6 is 0 Å². The van der Waals surface area contributed by atoms with Gasteiger partial charge in [-0.2, -0.15) is 4.98 Å². The lowest BCUT2D eigenvalue weighted by Gasteiger charge is -2.36. The minimum Gasteiger partial charge on any atom is -0.444 e. The zero-order valence-electron chi connectivity index (χ0n) is 23.5. The van der Waals surface area contributed by atoms with Gasteiger partial charge in [0.2, 0.25) is 17.7 Å². The van der Waals surface area contributed by atoms with Gasteiger partial charge in [-0.1, -0.05) is 0 Å². The van der Waals surface area contributed by atoms with Gasteiger partial charge in [-0.15, -0.1) is 10.2 Å². The van der Waals surface area contributed by atoms with Gasteiger partial charge in [-0.25, -0.2) is 4.79 Å². The van der Waals surface area contributed by atoms with E-state index in [0.29, 0.717) is 61.1 Å². The number of carbonyl (C=O) groups excluding carboxylic acids is 2. The number of ether oxygens (including phenoxy) is 2. The molecular formula is C26H35N9O5. The highest BCUT2D eigenvalue weighted by atomic mass is 16.6. The van der Waals surface area contributed by atoms with Crippen molar-refractivity contribution in [1.82, 2.24) is 29.5 Å². The van der Waals surface area contributed by atoms with E-state index in [1.807, 2.05) is 44.9 Å². The Labute approximate surface area is 232 Å². The summed E-state index contributed by atoms with van der Waals surface area (Å²) in [5.41, 5.74) is 6.99. The van der Waals surface area contributed by atoms with Crippen LogP contribution < -0.4 is 15.5 Å². The topological polar surface area (TPSA) is 148 Å². The standard InChI is InChI=1S/C26H35N9O5/c1-26(2,3)40-25(37)34-12-10-33(11-13-34)24-28-21-20(23(36)32(5)16-38-15-31(21)4)35(24)14-19-29-30-22(39-19)17-6-8-18(27)9-7-17/h6-9H,10-16,27H2,1-5H3. The van der Waals surface area contributed by atoms with Crippen molar-refractivity contribution in [1.29, 1.82) is 0 Å². The van der Waals surface area contributed by atoms with E-state index in [2.05, 4.69) is 10.2 Å². The van der Waals surface area contributed by atoms with Crippen molar-refractivity contribution in [2.24, 2.45) is 0 Å². The van der Waals surface area contributed by atoms with Crippen LogP contribution in [0.25, 0.3) is 11.5 Å². The smallest absolute Gasteiger partial charge is 0.410 e. The second-order valence-corrected chi connectivity index (χ2v) is 10.9.